The maximum absolute atomic E-state index is 12.8. The van der Waals surface area contributed by atoms with Gasteiger partial charge in [-0.1, -0.05) is 19.1 Å². The quantitative estimate of drug-likeness (QED) is 0.799. The molecule has 1 heterocycles. The Bertz CT molecular complexity index is 417. The van der Waals surface area contributed by atoms with Gasteiger partial charge in [0, 0.05) is 0 Å². The van der Waals surface area contributed by atoms with Gasteiger partial charge in [0.1, 0.15) is 5.82 Å². The van der Waals surface area contributed by atoms with Gasteiger partial charge in [0.15, 0.2) is 0 Å². The van der Waals surface area contributed by atoms with Gasteiger partial charge in [0.2, 0.25) is 0 Å². The summed E-state index contributed by atoms with van der Waals surface area (Å²) >= 11 is 0. The van der Waals surface area contributed by atoms with E-state index in [1.807, 2.05) is 0 Å². The van der Waals surface area contributed by atoms with Gasteiger partial charge in [-0.3, -0.25) is 0 Å². The summed E-state index contributed by atoms with van der Waals surface area (Å²) < 4.78 is 24.7. The van der Waals surface area contributed by atoms with E-state index >= 15 is 0 Å². The molecule has 106 valence electrons. The van der Waals surface area contributed by atoms with Crippen molar-refractivity contribution in [2.75, 3.05) is 6.61 Å². The van der Waals surface area contributed by atoms with Crippen molar-refractivity contribution in [3.05, 3.63) is 35.6 Å². The van der Waals surface area contributed by atoms with Crippen molar-refractivity contribution in [2.45, 2.75) is 57.8 Å². The standard InChI is InChI=1S/C16H23FO2/c1-4-15(2)9-10-16(3,19-15)12-18-11-13-5-7-14(17)8-6-13/h5-8H,4,9-12H2,1-3H3. The van der Waals surface area contributed by atoms with Crippen LogP contribution in [0.25, 0.3) is 0 Å². The molecule has 1 aliphatic heterocycles. The molecule has 2 unspecified atom stereocenters. The fourth-order valence-corrected chi connectivity index (χ4v) is 2.54. The highest BCUT2D eigenvalue weighted by Crippen LogP contribution is 2.39. The van der Waals surface area contributed by atoms with E-state index in [0.29, 0.717) is 13.2 Å². The molecule has 1 saturated heterocycles. The van der Waals surface area contributed by atoms with Gasteiger partial charge < -0.3 is 9.47 Å². The lowest BCUT2D eigenvalue weighted by molar-refractivity contribution is -0.123. The molecule has 2 atom stereocenters. The zero-order chi connectivity index (χ0) is 13.9. The normalized spacial score (nSPS) is 30.7. The first kappa shape index (κ1) is 14.5. The molecule has 3 heteroatoms. The van der Waals surface area contributed by atoms with Crippen molar-refractivity contribution in [3.8, 4) is 0 Å². The minimum absolute atomic E-state index is 0.00597. The van der Waals surface area contributed by atoms with E-state index in [-0.39, 0.29) is 17.0 Å². The van der Waals surface area contributed by atoms with E-state index in [0.717, 1.165) is 24.8 Å². The molecule has 0 amide bonds. The van der Waals surface area contributed by atoms with E-state index in [2.05, 4.69) is 20.8 Å². The highest BCUT2D eigenvalue weighted by Gasteiger charge is 2.42. The first-order chi connectivity index (χ1) is 8.95. The SMILES string of the molecule is CCC1(C)CCC(C)(COCc2ccc(F)cc2)O1. The van der Waals surface area contributed by atoms with Crippen LogP contribution in [-0.4, -0.2) is 17.8 Å². The molecule has 1 aliphatic rings. The number of hydrogen-bond donors (Lipinski definition) is 0. The Morgan fingerprint density at radius 1 is 1.16 bits per heavy atom. The number of benzene rings is 1. The molecule has 19 heavy (non-hydrogen) atoms. The Labute approximate surface area is 114 Å². The van der Waals surface area contributed by atoms with Crippen LogP contribution in [0.5, 0.6) is 0 Å². The zero-order valence-corrected chi connectivity index (χ0v) is 12.0. The fourth-order valence-electron chi connectivity index (χ4n) is 2.54. The molecule has 0 aromatic heterocycles. The molecule has 0 radical (unpaired) electrons. The Morgan fingerprint density at radius 2 is 1.79 bits per heavy atom. The summed E-state index contributed by atoms with van der Waals surface area (Å²) in [5, 5.41) is 0. The van der Waals surface area contributed by atoms with Gasteiger partial charge in [-0.05, 0) is 50.8 Å². The van der Waals surface area contributed by atoms with Crippen molar-refractivity contribution in [1.29, 1.82) is 0 Å². The second-order valence-corrected chi connectivity index (χ2v) is 5.97. The van der Waals surface area contributed by atoms with E-state index in [1.54, 1.807) is 12.1 Å². The minimum Gasteiger partial charge on any atom is -0.374 e. The Hall–Kier alpha value is -0.930. The van der Waals surface area contributed by atoms with Gasteiger partial charge in [0.25, 0.3) is 0 Å². The average Bonchev–Trinajstić information content (AvgIpc) is 2.69. The minimum atomic E-state index is -0.214. The molecule has 2 rings (SSSR count). The third kappa shape index (κ3) is 3.77. The van der Waals surface area contributed by atoms with Crippen LogP contribution in [0, 0.1) is 5.82 Å². The van der Waals surface area contributed by atoms with Gasteiger partial charge >= 0.3 is 0 Å². The second-order valence-electron chi connectivity index (χ2n) is 5.97. The van der Waals surface area contributed by atoms with Gasteiger partial charge in [-0.2, -0.15) is 0 Å². The summed E-state index contributed by atoms with van der Waals surface area (Å²) in [6.45, 7) is 7.52. The van der Waals surface area contributed by atoms with Crippen LogP contribution in [-0.2, 0) is 16.1 Å². The molecule has 0 N–H and O–H groups in total. The number of hydrogen-bond acceptors (Lipinski definition) is 2. The first-order valence-electron chi connectivity index (χ1n) is 6.97. The van der Waals surface area contributed by atoms with Crippen LogP contribution >= 0.6 is 0 Å². The molecule has 0 saturated carbocycles. The monoisotopic (exact) mass is 266 g/mol. The predicted molar refractivity (Wildman–Crippen MR) is 73.5 cm³/mol. The van der Waals surface area contributed by atoms with Crippen LogP contribution in [0.3, 0.4) is 0 Å². The molecular weight excluding hydrogens is 243 g/mol. The average molecular weight is 266 g/mol. The van der Waals surface area contributed by atoms with Crippen LogP contribution < -0.4 is 0 Å². The highest BCUT2D eigenvalue weighted by atomic mass is 19.1. The van der Waals surface area contributed by atoms with Gasteiger partial charge in [-0.15, -0.1) is 0 Å². The van der Waals surface area contributed by atoms with E-state index in [4.69, 9.17) is 9.47 Å². The second kappa shape index (κ2) is 5.59. The summed E-state index contributed by atoms with van der Waals surface area (Å²) in [4.78, 5) is 0. The van der Waals surface area contributed by atoms with Crippen molar-refractivity contribution in [1.82, 2.24) is 0 Å². The van der Waals surface area contributed by atoms with Crippen LogP contribution in [0.15, 0.2) is 24.3 Å². The molecule has 1 aromatic carbocycles. The lowest BCUT2D eigenvalue weighted by atomic mass is 9.97. The molecule has 0 bridgehead atoms. The summed E-state index contributed by atoms with van der Waals surface area (Å²) in [6.07, 6.45) is 3.14. The Balaban J connectivity index is 1.81. The number of ether oxygens (including phenoxy) is 2. The fraction of sp³-hybridized carbons (Fsp3) is 0.625. The molecule has 2 nitrogen and oxygen atoms in total. The smallest absolute Gasteiger partial charge is 0.123 e. The summed E-state index contributed by atoms with van der Waals surface area (Å²) in [5.41, 5.74) is 0.792. The number of halogens is 1. The van der Waals surface area contributed by atoms with E-state index in [9.17, 15) is 4.39 Å². The zero-order valence-electron chi connectivity index (χ0n) is 12.0. The van der Waals surface area contributed by atoms with Crippen molar-refractivity contribution >= 4 is 0 Å². The van der Waals surface area contributed by atoms with Crippen LogP contribution in [0.1, 0.15) is 45.6 Å². The summed E-state index contributed by atoms with van der Waals surface area (Å²) in [7, 11) is 0. The van der Waals surface area contributed by atoms with Gasteiger partial charge in [-0.25, -0.2) is 4.39 Å². The summed E-state index contributed by atoms with van der Waals surface area (Å²) in [6, 6.07) is 6.42. The summed E-state index contributed by atoms with van der Waals surface area (Å²) in [5.74, 6) is -0.214. The third-order valence-corrected chi connectivity index (χ3v) is 4.01. The molecule has 0 aliphatic carbocycles. The number of rotatable bonds is 5. The Kier molecular flexibility index (Phi) is 4.26. The molecular formula is C16H23FO2. The van der Waals surface area contributed by atoms with Crippen molar-refractivity contribution in [3.63, 3.8) is 0 Å². The third-order valence-electron chi connectivity index (χ3n) is 4.01. The maximum atomic E-state index is 12.8. The Morgan fingerprint density at radius 3 is 2.37 bits per heavy atom. The lowest BCUT2D eigenvalue weighted by Gasteiger charge is -2.29. The van der Waals surface area contributed by atoms with Crippen molar-refractivity contribution < 1.29 is 13.9 Å². The maximum Gasteiger partial charge on any atom is 0.123 e. The van der Waals surface area contributed by atoms with Gasteiger partial charge in [0.05, 0.1) is 24.4 Å². The molecule has 0 spiro atoms. The van der Waals surface area contributed by atoms with E-state index < -0.39 is 0 Å². The predicted octanol–water partition coefficient (Wildman–Crippen LogP) is 4.08. The van der Waals surface area contributed by atoms with E-state index in [1.165, 1.54) is 12.1 Å². The topological polar surface area (TPSA) is 18.5 Å². The lowest BCUT2D eigenvalue weighted by Crippen LogP contribution is -2.34. The molecule has 1 fully saturated rings. The molecule has 1 aromatic rings. The van der Waals surface area contributed by atoms with Crippen LogP contribution in [0.4, 0.5) is 4.39 Å². The van der Waals surface area contributed by atoms with Crippen molar-refractivity contribution in [2.24, 2.45) is 0 Å². The van der Waals surface area contributed by atoms with Crippen LogP contribution in [0.2, 0.25) is 0 Å². The highest BCUT2D eigenvalue weighted by molar-refractivity contribution is 5.15. The largest absolute Gasteiger partial charge is 0.374 e. The first-order valence-corrected chi connectivity index (χ1v) is 6.97.